The predicted octanol–water partition coefficient (Wildman–Crippen LogP) is 8.61. The minimum Gasteiger partial charge on any atom is -0.488 e. The van der Waals surface area contributed by atoms with Gasteiger partial charge >= 0.3 is 6.18 Å². The molecule has 0 N–H and O–H groups in total. The van der Waals surface area contributed by atoms with Crippen LogP contribution in [0, 0.1) is 0 Å². The van der Waals surface area contributed by atoms with Crippen LogP contribution in [0.5, 0.6) is 5.75 Å². The maximum absolute atomic E-state index is 13.2. The number of rotatable bonds is 5. The van der Waals surface area contributed by atoms with Gasteiger partial charge in [0, 0.05) is 10.0 Å². The third kappa shape index (κ3) is 5.44. The van der Waals surface area contributed by atoms with Gasteiger partial charge in [0.25, 0.3) is 5.91 Å². The molecule has 4 aromatic carbocycles. The monoisotopic (exact) mass is 599 g/mol. The van der Waals surface area contributed by atoms with Crippen molar-refractivity contribution in [2.75, 3.05) is 4.90 Å². The fourth-order valence-corrected chi connectivity index (χ4v) is 5.66. The van der Waals surface area contributed by atoms with Crippen LogP contribution in [-0.2, 0) is 17.6 Å². The van der Waals surface area contributed by atoms with Gasteiger partial charge in [0.1, 0.15) is 12.4 Å². The number of ether oxygens (including phenoxy) is 1. The van der Waals surface area contributed by atoms with Crippen LogP contribution in [0.4, 0.5) is 18.9 Å². The molecule has 0 aromatic heterocycles. The molecule has 4 aromatic rings. The summed E-state index contributed by atoms with van der Waals surface area (Å²) in [4.78, 5) is 14.6. The van der Waals surface area contributed by atoms with Gasteiger partial charge in [0.15, 0.2) is 4.32 Å². The normalized spacial score (nSPS) is 15.1. The number of hydrogen-bond acceptors (Lipinski definition) is 4. The third-order valence-electron chi connectivity index (χ3n) is 5.75. The average Bonchev–Trinajstić information content (AvgIpc) is 3.15. The Morgan fingerprint density at radius 2 is 1.73 bits per heavy atom. The van der Waals surface area contributed by atoms with E-state index in [1.54, 1.807) is 12.1 Å². The van der Waals surface area contributed by atoms with Gasteiger partial charge < -0.3 is 4.74 Å². The van der Waals surface area contributed by atoms with Crippen LogP contribution in [0.2, 0.25) is 0 Å². The Morgan fingerprint density at radius 3 is 2.54 bits per heavy atom. The van der Waals surface area contributed by atoms with E-state index in [9.17, 15) is 18.0 Å². The number of benzene rings is 4. The quantitative estimate of drug-likeness (QED) is 0.170. The van der Waals surface area contributed by atoms with E-state index in [0.29, 0.717) is 17.9 Å². The molecule has 0 spiro atoms. The Labute approximate surface area is 229 Å². The van der Waals surface area contributed by atoms with Crippen molar-refractivity contribution in [3.63, 3.8) is 0 Å². The fourth-order valence-electron chi connectivity index (χ4n) is 3.99. The van der Waals surface area contributed by atoms with E-state index in [1.807, 2.05) is 54.6 Å². The molecule has 0 atom stereocenters. The van der Waals surface area contributed by atoms with Gasteiger partial charge in [-0.1, -0.05) is 88.4 Å². The molecule has 37 heavy (non-hydrogen) atoms. The molecule has 0 aliphatic carbocycles. The zero-order valence-corrected chi connectivity index (χ0v) is 22.2. The molecule has 1 aliphatic heterocycles. The molecule has 1 aliphatic rings. The van der Waals surface area contributed by atoms with Crippen LogP contribution in [-0.4, -0.2) is 10.2 Å². The summed E-state index contributed by atoms with van der Waals surface area (Å²) in [5.74, 6) is 0.0646. The van der Waals surface area contributed by atoms with Crippen molar-refractivity contribution in [3.8, 4) is 5.75 Å². The first-order valence-electron chi connectivity index (χ1n) is 11.0. The zero-order chi connectivity index (χ0) is 26.2. The number of fused-ring (bicyclic) bond motifs is 1. The number of anilines is 1. The Hall–Kier alpha value is -3.14. The van der Waals surface area contributed by atoms with Crippen molar-refractivity contribution < 1.29 is 22.7 Å². The maximum Gasteiger partial charge on any atom is 0.416 e. The molecule has 0 radical (unpaired) electrons. The topological polar surface area (TPSA) is 29.5 Å². The lowest BCUT2D eigenvalue weighted by Gasteiger charge is -2.16. The highest BCUT2D eigenvalue weighted by Gasteiger charge is 2.36. The second kappa shape index (κ2) is 10.3. The standard InChI is InChI=1S/C28H17BrF3NO2S2/c29-21-11-12-24(35-16-18-7-3-6-17-5-1-2-10-23(17)18)19(13-21)14-25-26(34)33(27(36)37-25)22-9-4-8-20(15-22)28(30,31)32/h1-15H,16H2/b25-14+. The second-order valence-electron chi connectivity index (χ2n) is 8.17. The van der Waals surface area contributed by atoms with Crippen LogP contribution in [0.15, 0.2) is 94.3 Å². The largest absolute Gasteiger partial charge is 0.488 e. The van der Waals surface area contributed by atoms with Gasteiger partial charge in [-0.25, -0.2) is 0 Å². The van der Waals surface area contributed by atoms with E-state index in [4.69, 9.17) is 17.0 Å². The number of thioether (sulfide) groups is 1. The van der Waals surface area contributed by atoms with E-state index in [-0.39, 0.29) is 14.9 Å². The molecule has 9 heteroatoms. The Balaban J connectivity index is 1.43. The SMILES string of the molecule is O=C1/C(=C\c2cc(Br)ccc2OCc2cccc3ccccc23)SC(=S)N1c1cccc(C(F)(F)F)c1. The molecular formula is C28H17BrF3NO2S2. The van der Waals surface area contributed by atoms with Crippen LogP contribution < -0.4 is 9.64 Å². The van der Waals surface area contributed by atoms with Crippen molar-refractivity contribution >= 4 is 72.7 Å². The van der Waals surface area contributed by atoms with Crippen molar-refractivity contribution in [2.24, 2.45) is 0 Å². The van der Waals surface area contributed by atoms with Gasteiger partial charge in [-0.3, -0.25) is 9.69 Å². The molecule has 0 bridgehead atoms. The first-order valence-corrected chi connectivity index (χ1v) is 13.1. The van der Waals surface area contributed by atoms with Crippen LogP contribution >= 0.6 is 39.9 Å². The third-order valence-corrected chi connectivity index (χ3v) is 7.54. The summed E-state index contributed by atoms with van der Waals surface area (Å²) < 4.78 is 46.7. The summed E-state index contributed by atoms with van der Waals surface area (Å²) in [6.45, 7) is 0.315. The lowest BCUT2D eigenvalue weighted by Crippen LogP contribution is -2.27. The van der Waals surface area contributed by atoms with Crippen molar-refractivity contribution in [1.29, 1.82) is 0 Å². The van der Waals surface area contributed by atoms with Gasteiger partial charge in [-0.2, -0.15) is 13.2 Å². The molecule has 5 rings (SSSR count). The van der Waals surface area contributed by atoms with Crippen LogP contribution in [0.3, 0.4) is 0 Å². The van der Waals surface area contributed by atoms with E-state index in [0.717, 1.165) is 49.6 Å². The molecule has 1 saturated heterocycles. The van der Waals surface area contributed by atoms with Crippen molar-refractivity contribution in [1.82, 2.24) is 0 Å². The number of hydrogen-bond donors (Lipinski definition) is 0. The van der Waals surface area contributed by atoms with E-state index in [2.05, 4.69) is 15.9 Å². The summed E-state index contributed by atoms with van der Waals surface area (Å²) in [5, 5.41) is 2.20. The summed E-state index contributed by atoms with van der Waals surface area (Å²) in [5.41, 5.74) is 0.878. The summed E-state index contributed by atoms with van der Waals surface area (Å²) in [6, 6.07) is 24.1. The van der Waals surface area contributed by atoms with E-state index in [1.165, 1.54) is 12.1 Å². The highest BCUT2D eigenvalue weighted by molar-refractivity contribution is 9.10. The van der Waals surface area contributed by atoms with Gasteiger partial charge in [-0.05, 0) is 58.8 Å². The lowest BCUT2D eigenvalue weighted by molar-refractivity contribution is -0.137. The molecule has 1 amide bonds. The number of carbonyl (C=O) groups excluding carboxylic acids is 1. The number of nitrogens with zero attached hydrogens (tertiary/aromatic N) is 1. The van der Waals surface area contributed by atoms with Gasteiger partial charge in [0.2, 0.25) is 0 Å². The second-order valence-corrected chi connectivity index (χ2v) is 10.8. The highest BCUT2D eigenvalue weighted by Crippen LogP contribution is 2.39. The summed E-state index contributed by atoms with van der Waals surface area (Å²) in [7, 11) is 0. The first kappa shape index (κ1) is 25.5. The maximum atomic E-state index is 13.2. The predicted molar refractivity (Wildman–Crippen MR) is 150 cm³/mol. The average molecular weight is 600 g/mol. The Bertz CT molecular complexity index is 1560. The molecule has 0 saturated carbocycles. The molecule has 0 unspecified atom stereocenters. The number of halogens is 4. The van der Waals surface area contributed by atoms with Crippen LogP contribution in [0.25, 0.3) is 16.8 Å². The Kier molecular flexibility index (Phi) is 7.11. The number of thiocarbonyl (C=S) groups is 1. The minimum atomic E-state index is -4.53. The molecular weight excluding hydrogens is 583 g/mol. The smallest absolute Gasteiger partial charge is 0.416 e. The molecule has 1 fully saturated rings. The van der Waals surface area contributed by atoms with Crippen molar-refractivity contribution in [2.45, 2.75) is 12.8 Å². The Morgan fingerprint density at radius 1 is 0.973 bits per heavy atom. The van der Waals surface area contributed by atoms with Gasteiger partial charge in [-0.15, -0.1) is 0 Å². The van der Waals surface area contributed by atoms with Crippen molar-refractivity contribution in [3.05, 3.63) is 111 Å². The molecule has 1 heterocycles. The minimum absolute atomic E-state index is 0.0717. The lowest BCUT2D eigenvalue weighted by atomic mass is 10.1. The van der Waals surface area contributed by atoms with E-state index >= 15 is 0 Å². The molecule has 186 valence electrons. The number of alkyl halides is 3. The first-order chi connectivity index (χ1) is 17.7. The van der Waals surface area contributed by atoms with Crippen LogP contribution in [0.1, 0.15) is 16.7 Å². The number of carbonyl (C=O) groups is 1. The zero-order valence-electron chi connectivity index (χ0n) is 19.0. The fraction of sp³-hybridized carbons (Fsp3) is 0.0714. The summed E-state index contributed by atoms with van der Waals surface area (Å²) in [6.07, 6.45) is -2.88. The number of amides is 1. The molecule has 3 nitrogen and oxygen atoms in total. The van der Waals surface area contributed by atoms with E-state index < -0.39 is 17.6 Å². The van der Waals surface area contributed by atoms with Gasteiger partial charge in [0.05, 0.1) is 16.2 Å². The summed E-state index contributed by atoms with van der Waals surface area (Å²) >= 11 is 9.84. The highest BCUT2D eigenvalue weighted by atomic mass is 79.9.